The lowest BCUT2D eigenvalue weighted by molar-refractivity contribution is 0.305. The molecule has 0 amide bonds. The predicted molar refractivity (Wildman–Crippen MR) is 84.3 cm³/mol. The van der Waals surface area contributed by atoms with Gasteiger partial charge in [0, 0.05) is 25.6 Å². The van der Waals surface area contributed by atoms with Gasteiger partial charge in [-0.3, -0.25) is 0 Å². The first-order chi connectivity index (χ1) is 9.91. The highest BCUT2D eigenvalue weighted by Crippen LogP contribution is 2.17. The van der Waals surface area contributed by atoms with Crippen molar-refractivity contribution in [2.45, 2.75) is 31.6 Å². The zero-order chi connectivity index (χ0) is 15.9. The summed E-state index contributed by atoms with van der Waals surface area (Å²) in [4.78, 5) is 0.279. The number of aliphatic hydroxyl groups excluding tert-OH is 1. The summed E-state index contributed by atoms with van der Waals surface area (Å²) in [7, 11) is -1.83. The van der Waals surface area contributed by atoms with Gasteiger partial charge in [-0.15, -0.1) is 0 Å². The van der Waals surface area contributed by atoms with Crippen LogP contribution in [0.1, 0.15) is 32.3 Å². The Morgan fingerprint density at radius 2 is 1.90 bits per heavy atom. The number of nitrogens with zero attached hydrogens (tertiary/aromatic N) is 1. The van der Waals surface area contributed by atoms with Crippen LogP contribution in [0, 0.1) is 17.8 Å². The van der Waals surface area contributed by atoms with Gasteiger partial charge in [0.2, 0.25) is 10.0 Å². The highest BCUT2D eigenvalue weighted by atomic mass is 32.2. The molecule has 0 spiro atoms. The summed E-state index contributed by atoms with van der Waals surface area (Å²) in [6.07, 6.45) is 1.36. The van der Waals surface area contributed by atoms with E-state index in [1.165, 1.54) is 4.31 Å². The molecule has 0 aliphatic heterocycles. The third kappa shape index (κ3) is 5.16. The lowest BCUT2D eigenvalue weighted by atomic mass is 10.1. The molecule has 1 unspecified atom stereocenters. The molecule has 1 rings (SSSR count). The molecule has 4 nitrogen and oxygen atoms in total. The Labute approximate surface area is 127 Å². The van der Waals surface area contributed by atoms with Crippen molar-refractivity contribution in [3.05, 3.63) is 29.8 Å². The number of hydrogen-bond donors (Lipinski definition) is 1. The smallest absolute Gasteiger partial charge is 0.242 e. The van der Waals surface area contributed by atoms with Gasteiger partial charge >= 0.3 is 0 Å². The number of aliphatic hydroxyl groups is 1. The molecular formula is C16H23NO3S. The van der Waals surface area contributed by atoms with Gasteiger partial charge in [-0.2, -0.15) is 0 Å². The standard InChI is InChI=1S/C16H23NO3S/c1-4-14(2)13-17(3)21(19,20)16-10-8-15(9-11-16)7-5-6-12-18/h8-11,14,18H,4,6,12-13H2,1-3H3. The minimum Gasteiger partial charge on any atom is -0.395 e. The van der Waals surface area contributed by atoms with Gasteiger partial charge in [-0.25, -0.2) is 12.7 Å². The molecule has 0 aliphatic rings. The van der Waals surface area contributed by atoms with Crippen molar-refractivity contribution in [3.63, 3.8) is 0 Å². The van der Waals surface area contributed by atoms with Crippen molar-refractivity contribution in [2.24, 2.45) is 5.92 Å². The van der Waals surface area contributed by atoms with Crippen molar-refractivity contribution in [3.8, 4) is 11.8 Å². The SMILES string of the molecule is CCC(C)CN(C)S(=O)(=O)c1ccc(C#CCCO)cc1. The Morgan fingerprint density at radius 3 is 2.43 bits per heavy atom. The first kappa shape index (κ1) is 17.7. The Bertz CT molecular complexity index is 597. The second kappa shape index (κ2) is 8.18. The zero-order valence-corrected chi connectivity index (χ0v) is 13.7. The second-order valence-corrected chi connectivity index (χ2v) is 7.14. The Hall–Kier alpha value is -1.35. The third-order valence-corrected chi connectivity index (χ3v) is 5.14. The summed E-state index contributed by atoms with van der Waals surface area (Å²) in [6.45, 7) is 4.62. The van der Waals surface area contributed by atoms with Gasteiger partial charge in [0.05, 0.1) is 11.5 Å². The molecule has 0 bridgehead atoms. The molecule has 5 heteroatoms. The predicted octanol–water partition coefficient (Wildman–Crippen LogP) is 2.09. The van der Waals surface area contributed by atoms with Gasteiger partial charge in [0.25, 0.3) is 0 Å². The van der Waals surface area contributed by atoms with E-state index < -0.39 is 10.0 Å². The number of hydrogen-bond acceptors (Lipinski definition) is 3. The van der Waals surface area contributed by atoms with Crippen LogP contribution in [-0.4, -0.2) is 38.0 Å². The summed E-state index contributed by atoms with van der Waals surface area (Å²) in [5, 5.41) is 8.66. The van der Waals surface area contributed by atoms with Crippen molar-refractivity contribution in [1.29, 1.82) is 0 Å². The fourth-order valence-electron chi connectivity index (χ4n) is 1.78. The molecule has 0 heterocycles. The van der Waals surface area contributed by atoms with E-state index in [-0.39, 0.29) is 11.5 Å². The molecule has 116 valence electrons. The molecule has 1 atom stereocenters. The lowest BCUT2D eigenvalue weighted by Crippen LogP contribution is -2.31. The normalized spacial score (nSPS) is 12.8. The van der Waals surface area contributed by atoms with Crippen LogP contribution in [0.15, 0.2) is 29.2 Å². The van der Waals surface area contributed by atoms with Gasteiger partial charge in [-0.1, -0.05) is 32.1 Å². The quantitative estimate of drug-likeness (QED) is 0.819. The molecular weight excluding hydrogens is 286 g/mol. The van der Waals surface area contributed by atoms with E-state index in [0.29, 0.717) is 18.9 Å². The second-order valence-electron chi connectivity index (χ2n) is 5.10. The highest BCUT2D eigenvalue weighted by Gasteiger charge is 2.21. The summed E-state index contributed by atoms with van der Waals surface area (Å²) < 4.78 is 26.2. The van der Waals surface area contributed by atoms with E-state index in [4.69, 9.17) is 5.11 Å². The molecule has 1 aromatic rings. The number of sulfonamides is 1. The van der Waals surface area contributed by atoms with Crippen LogP contribution in [-0.2, 0) is 10.0 Å². The Morgan fingerprint density at radius 1 is 1.29 bits per heavy atom. The van der Waals surface area contributed by atoms with Crippen LogP contribution in [0.5, 0.6) is 0 Å². The average molecular weight is 309 g/mol. The third-order valence-electron chi connectivity index (χ3n) is 3.30. The summed E-state index contributed by atoms with van der Waals surface area (Å²) in [5.41, 5.74) is 0.743. The first-order valence-electron chi connectivity index (χ1n) is 7.08. The number of rotatable bonds is 6. The maximum atomic E-state index is 12.4. The summed E-state index contributed by atoms with van der Waals surface area (Å²) in [5.74, 6) is 6.01. The minimum atomic E-state index is -3.44. The van der Waals surface area contributed by atoms with E-state index in [0.717, 1.165) is 12.0 Å². The van der Waals surface area contributed by atoms with E-state index in [9.17, 15) is 8.42 Å². The lowest BCUT2D eigenvalue weighted by Gasteiger charge is -2.20. The Kier molecular flexibility index (Phi) is 6.90. The molecule has 1 aromatic carbocycles. The van der Waals surface area contributed by atoms with E-state index in [2.05, 4.69) is 11.8 Å². The molecule has 1 N–H and O–H groups in total. The molecule has 0 saturated carbocycles. The van der Waals surface area contributed by atoms with Gasteiger partial charge in [-0.05, 0) is 30.2 Å². The monoisotopic (exact) mass is 309 g/mol. The van der Waals surface area contributed by atoms with Gasteiger partial charge < -0.3 is 5.11 Å². The largest absolute Gasteiger partial charge is 0.395 e. The molecule has 0 saturated heterocycles. The topological polar surface area (TPSA) is 57.6 Å². The van der Waals surface area contributed by atoms with Crippen molar-refractivity contribution >= 4 is 10.0 Å². The fourth-order valence-corrected chi connectivity index (χ4v) is 3.07. The minimum absolute atomic E-state index is 0.0276. The Balaban J connectivity index is 2.87. The number of benzene rings is 1. The highest BCUT2D eigenvalue weighted by molar-refractivity contribution is 7.89. The summed E-state index contributed by atoms with van der Waals surface area (Å²) in [6, 6.07) is 6.53. The van der Waals surface area contributed by atoms with Crippen LogP contribution < -0.4 is 0 Å². The van der Waals surface area contributed by atoms with Crippen LogP contribution in [0.3, 0.4) is 0 Å². The molecule has 21 heavy (non-hydrogen) atoms. The van der Waals surface area contributed by atoms with E-state index in [1.807, 2.05) is 13.8 Å². The first-order valence-corrected chi connectivity index (χ1v) is 8.52. The van der Waals surface area contributed by atoms with Gasteiger partial charge in [0.1, 0.15) is 0 Å². The average Bonchev–Trinajstić information content (AvgIpc) is 2.47. The maximum absolute atomic E-state index is 12.4. The van der Waals surface area contributed by atoms with Crippen LogP contribution >= 0.6 is 0 Å². The van der Waals surface area contributed by atoms with Crippen LogP contribution in [0.25, 0.3) is 0 Å². The fraction of sp³-hybridized carbons (Fsp3) is 0.500. The summed E-state index contributed by atoms with van der Waals surface area (Å²) >= 11 is 0. The van der Waals surface area contributed by atoms with Gasteiger partial charge in [0.15, 0.2) is 0 Å². The maximum Gasteiger partial charge on any atom is 0.242 e. The zero-order valence-electron chi connectivity index (χ0n) is 12.8. The van der Waals surface area contributed by atoms with Crippen molar-refractivity contribution < 1.29 is 13.5 Å². The van der Waals surface area contributed by atoms with E-state index in [1.54, 1.807) is 31.3 Å². The van der Waals surface area contributed by atoms with E-state index >= 15 is 0 Å². The van der Waals surface area contributed by atoms with Crippen LogP contribution in [0.2, 0.25) is 0 Å². The molecule has 0 aliphatic carbocycles. The molecule has 0 radical (unpaired) electrons. The van der Waals surface area contributed by atoms with Crippen molar-refractivity contribution in [1.82, 2.24) is 4.31 Å². The molecule has 0 fully saturated rings. The van der Waals surface area contributed by atoms with Crippen LogP contribution in [0.4, 0.5) is 0 Å². The molecule has 0 aromatic heterocycles. The van der Waals surface area contributed by atoms with Crippen molar-refractivity contribution in [2.75, 3.05) is 20.2 Å².